The first kappa shape index (κ1) is 12.3. The molecule has 15 heavy (non-hydrogen) atoms. The lowest BCUT2D eigenvalue weighted by Crippen LogP contribution is -1.95. The molecule has 0 radical (unpaired) electrons. The Hall–Kier alpha value is -0.790. The van der Waals surface area contributed by atoms with E-state index in [0.717, 1.165) is 0 Å². The molecule has 0 amide bonds. The molecule has 1 aromatic heterocycles. The molecule has 0 aliphatic rings. The van der Waals surface area contributed by atoms with Crippen LogP contribution in [0.15, 0.2) is 10.5 Å². The zero-order valence-electron chi connectivity index (χ0n) is 7.69. The Morgan fingerprint density at radius 1 is 1.73 bits per heavy atom. The Labute approximate surface area is 89.3 Å². The number of hydrogen-bond acceptors (Lipinski definition) is 6. The van der Waals surface area contributed by atoms with Crippen LogP contribution in [0.5, 0.6) is 0 Å². The van der Waals surface area contributed by atoms with Gasteiger partial charge in [-0.25, -0.2) is 9.55 Å². The van der Waals surface area contributed by atoms with Crippen molar-refractivity contribution in [2.24, 2.45) is 5.16 Å². The van der Waals surface area contributed by atoms with Crippen molar-refractivity contribution in [3.05, 3.63) is 16.1 Å². The lowest BCUT2D eigenvalue weighted by molar-refractivity contribution is 0.187. The molecule has 0 aromatic carbocycles. The largest absolute Gasteiger partial charge is 0.469 e. The summed E-state index contributed by atoms with van der Waals surface area (Å²) in [5.41, 5.74) is 0.712. The average Bonchev–Trinajstić information content (AvgIpc) is 2.61. The van der Waals surface area contributed by atoms with Crippen LogP contribution in [0.4, 0.5) is 0 Å². The number of phosphoric ester groups is 1. The number of phosphoric acid groups is 1. The summed E-state index contributed by atoms with van der Waals surface area (Å²) in [6.07, 6.45) is 0. The first-order valence-corrected chi connectivity index (χ1v) is 6.17. The Balaban J connectivity index is 2.65. The maximum absolute atomic E-state index is 10.4. The van der Waals surface area contributed by atoms with Gasteiger partial charge in [0, 0.05) is 5.38 Å². The van der Waals surface area contributed by atoms with Crippen LogP contribution in [0.2, 0.25) is 0 Å². The summed E-state index contributed by atoms with van der Waals surface area (Å²) < 4.78 is 14.6. The van der Waals surface area contributed by atoms with Crippen LogP contribution in [0.1, 0.15) is 17.6 Å². The third kappa shape index (κ3) is 4.06. The average molecular weight is 252 g/mol. The predicted molar refractivity (Wildman–Crippen MR) is 52.9 cm³/mol. The highest BCUT2D eigenvalue weighted by Crippen LogP contribution is 2.36. The Morgan fingerprint density at radius 3 is 2.93 bits per heavy atom. The predicted octanol–water partition coefficient (Wildman–Crippen LogP) is 0.951. The molecule has 0 saturated heterocycles. The third-order valence-corrected chi connectivity index (χ3v) is 2.86. The van der Waals surface area contributed by atoms with E-state index in [-0.39, 0.29) is 6.61 Å². The summed E-state index contributed by atoms with van der Waals surface area (Å²) in [4.78, 5) is 20.8. The van der Waals surface area contributed by atoms with E-state index in [1.165, 1.54) is 11.3 Å². The van der Waals surface area contributed by atoms with Crippen molar-refractivity contribution in [2.45, 2.75) is 13.5 Å². The van der Waals surface area contributed by atoms with Crippen molar-refractivity contribution in [2.75, 3.05) is 0 Å². The van der Waals surface area contributed by atoms with Gasteiger partial charge >= 0.3 is 7.82 Å². The number of aromatic nitrogens is 1. The standard InChI is InChI=1S/C6H9N2O5PS/c1-4(8-9)6-7-5(3-15-6)2-13-14(10,11)12/h3,9H,2H2,1H3,(H2,10,11,12)/b8-4-. The molecule has 84 valence electrons. The lowest BCUT2D eigenvalue weighted by atomic mass is 10.4. The molecular weight excluding hydrogens is 243 g/mol. The quantitative estimate of drug-likeness (QED) is 0.318. The highest BCUT2D eigenvalue weighted by Gasteiger charge is 2.15. The van der Waals surface area contributed by atoms with Crippen LogP contribution in [-0.4, -0.2) is 25.7 Å². The van der Waals surface area contributed by atoms with Crippen LogP contribution in [0.25, 0.3) is 0 Å². The fourth-order valence-electron chi connectivity index (χ4n) is 0.732. The summed E-state index contributed by atoms with van der Waals surface area (Å²) in [7, 11) is -4.47. The molecule has 0 fully saturated rings. The van der Waals surface area contributed by atoms with Gasteiger partial charge in [-0.15, -0.1) is 11.3 Å². The minimum absolute atomic E-state index is 0.278. The maximum Gasteiger partial charge on any atom is 0.469 e. The van der Waals surface area contributed by atoms with Gasteiger partial charge in [0.1, 0.15) is 17.3 Å². The van der Waals surface area contributed by atoms with Gasteiger partial charge in [0.15, 0.2) is 0 Å². The molecule has 0 bridgehead atoms. The van der Waals surface area contributed by atoms with Crippen LogP contribution < -0.4 is 0 Å². The fourth-order valence-corrected chi connectivity index (χ4v) is 1.78. The molecule has 0 aliphatic heterocycles. The van der Waals surface area contributed by atoms with E-state index < -0.39 is 7.82 Å². The molecule has 3 N–H and O–H groups in total. The van der Waals surface area contributed by atoms with Crippen LogP contribution >= 0.6 is 19.2 Å². The van der Waals surface area contributed by atoms with Crippen molar-refractivity contribution >= 4 is 24.9 Å². The van der Waals surface area contributed by atoms with E-state index in [4.69, 9.17) is 15.0 Å². The topological polar surface area (TPSA) is 112 Å². The number of rotatable bonds is 4. The second kappa shape index (κ2) is 4.82. The van der Waals surface area contributed by atoms with Gasteiger partial charge in [0.25, 0.3) is 0 Å². The summed E-state index contributed by atoms with van der Waals surface area (Å²) >= 11 is 1.20. The van der Waals surface area contributed by atoms with Gasteiger partial charge in [0.05, 0.1) is 5.69 Å². The molecular formula is C6H9N2O5PS. The van der Waals surface area contributed by atoms with Crippen molar-refractivity contribution in [3.63, 3.8) is 0 Å². The number of thiazole rings is 1. The van der Waals surface area contributed by atoms with E-state index in [2.05, 4.69) is 14.7 Å². The second-order valence-corrected chi connectivity index (χ2v) is 4.69. The number of hydrogen-bond donors (Lipinski definition) is 3. The van der Waals surface area contributed by atoms with Crippen LogP contribution in [0.3, 0.4) is 0 Å². The van der Waals surface area contributed by atoms with Gasteiger partial charge in [-0.3, -0.25) is 4.52 Å². The Morgan fingerprint density at radius 2 is 2.40 bits per heavy atom. The minimum atomic E-state index is -4.47. The Bertz CT molecular complexity index is 411. The summed E-state index contributed by atoms with van der Waals surface area (Å²) in [6, 6.07) is 0. The molecule has 0 atom stereocenters. The highest BCUT2D eigenvalue weighted by atomic mass is 32.1. The Kier molecular flexibility index (Phi) is 3.95. The normalized spacial score (nSPS) is 13.1. The SMILES string of the molecule is C/C(=N/O)c1nc(COP(=O)(O)O)cs1. The third-order valence-electron chi connectivity index (χ3n) is 1.39. The number of oxime groups is 1. The molecule has 0 saturated carbocycles. The van der Waals surface area contributed by atoms with E-state index in [1.54, 1.807) is 12.3 Å². The van der Waals surface area contributed by atoms with E-state index in [1.807, 2.05) is 0 Å². The van der Waals surface area contributed by atoms with E-state index >= 15 is 0 Å². The van der Waals surface area contributed by atoms with Gasteiger partial charge in [-0.1, -0.05) is 5.16 Å². The first-order valence-electron chi connectivity index (χ1n) is 3.76. The second-order valence-electron chi connectivity index (χ2n) is 2.59. The minimum Gasteiger partial charge on any atom is -0.411 e. The van der Waals surface area contributed by atoms with Gasteiger partial charge in [0.2, 0.25) is 0 Å². The molecule has 7 nitrogen and oxygen atoms in total. The van der Waals surface area contributed by atoms with E-state index in [0.29, 0.717) is 16.4 Å². The van der Waals surface area contributed by atoms with E-state index in [9.17, 15) is 4.57 Å². The van der Waals surface area contributed by atoms with Gasteiger partial charge < -0.3 is 15.0 Å². The zero-order valence-corrected chi connectivity index (χ0v) is 9.40. The van der Waals surface area contributed by atoms with Crippen molar-refractivity contribution in [3.8, 4) is 0 Å². The fraction of sp³-hybridized carbons (Fsp3) is 0.333. The molecule has 0 unspecified atom stereocenters. The number of nitrogens with zero attached hydrogens (tertiary/aromatic N) is 2. The van der Waals surface area contributed by atoms with Gasteiger partial charge in [-0.2, -0.15) is 0 Å². The molecule has 0 aliphatic carbocycles. The molecule has 1 aromatic rings. The first-order chi connectivity index (χ1) is 6.92. The van der Waals surface area contributed by atoms with Crippen molar-refractivity contribution < 1.29 is 24.1 Å². The summed E-state index contributed by atoms with van der Waals surface area (Å²) in [5, 5.41) is 13.4. The molecule has 9 heteroatoms. The van der Waals surface area contributed by atoms with Crippen LogP contribution in [-0.2, 0) is 15.7 Å². The molecule has 0 spiro atoms. The lowest BCUT2D eigenvalue weighted by Gasteiger charge is -2.01. The van der Waals surface area contributed by atoms with Crippen molar-refractivity contribution in [1.82, 2.24) is 4.98 Å². The summed E-state index contributed by atoms with van der Waals surface area (Å²) in [6.45, 7) is 1.28. The van der Waals surface area contributed by atoms with Crippen LogP contribution in [0, 0.1) is 0 Å². The smallest absolute Gasteiger partial charge is 0.411 e. The highest BCUT2D eigenvalue weighted by molar-refractivity contribution is 7.46. The van der Waals surface area contributed by atoms with Crippen molar-refractivity contribution in [1.29, 1.82) is 0 Å². The zero-order chi connectivity index (χ0) is 11.5. The summed E-state index contributed by atoms with van der Waals surface area (Å²) in [5.74, 6) is 0. The molecule has 1 rings (SSSR count). The van der Waals surface area contributed by atoms with Gasteiger partial charge in [-0.05, 0) is 6.92 Å². The monoisotopic (exact) mass is 252 g/mol. The molecule has 1 heterocycles. The maximum atomic E-state index is 10.4.